The van der Waals surface area contributed by atoms with Gasteiger partial charge in [0.25, 0.3) is 0 Å². The van der Waals surface area contributed by atoms with Crippen molar-refractivity contribution in [1.29, 1.82) is 0 Å². The van der Waals surface area contributed by atoms with Gasteiger partial charge in [-0.15, -0.1) is 10.2 Å². The quantitative estimate of drug-likeness (QED) is 0.496. The number of anilines is 2. The number of nitrogens with one attached hydrogen (secondary N) is 1. The summed E-state index contributed by atoms with van der Waals surface area (Å²) >= 11 is 1.31. The van der Waals surface area contributed by atoms with Gasteiger partial charge in [0, 0.05) is 18.8 Å². The summed E-state index contributed by atoms with van der Waals surface area (Å²) in [5.74, 6) is 0.500. The van der Waals surface area contributed by atoms with Gasteiger partial charge in [0.1, 0.15) is 5.82 Å². The fourth-order valence-corrected chi connectivity index (χ4v) is 4.60. The van der Waals surface area contributed by atoms with Crippen LogP contribution in [0.25, 0.3) is 5.69 Å². The van der Waals surface area contributed by atoms with E-state index in [2.05, 4.69) is 20.4 Å². The van der Waals surface area contributed by atoms with E-state index in [9.17, 15) is 9.18 Å². The SMILES string of the molecule is C[C@@H](c1nnc(SCC(=O)Nc2ccccc2N2CCCC2)n1-c1ccc(F)cc1)N(C)C. The number of carbonyl (C=O) groups excluding carboxylic acids is 1. The molecular weight excluding hydrogens is 439 g/mol. The Morgan fingerprint density at radius 2 is 1.82 bits per heavy atom. The first-order chi connectivity index (χ1) is 15.9. The van der Waals surface area contributed by atoms with Crippen molar-refractivity contribution in [1.82, 2.24) is 19.7 Å². The van der Waals surface area contributed by atoms with Gasteiger partial charge in [0.15, 0.2) is 11.0 Å². The summed E-state index contributed by atoms with van der Waals surface area (Å²) in [6.07, 6.45) is 2.34. The minimum atomic E-state index is -0.306. The first-order valence-electron chi connectivity index (χ1n) is 11.1. The number of carbonyl (C=O) groups is 1. The maximum atomic E-state index is 13.5. The van der Waals surface area contributed by atoms with E-state index in [1.807, 2.05) is 54.8 Å². The molecule has 33 heavy (non-hydrogen) atoms. The second-order valence-corrected chi connectivity index (χ2v) is 9.28. The zero-order valence-corrected chi connectivity index (χ0v) is 20.0. The van der Waals surface area contributed by atoms with Crippen LogP contribution in [0.5, 0.6) is 0 Å². The minimum absolute atomic E-state index is 0.0157. The summed E-state index contributed by atoms with van der Waals surface area (Å²) in [7, 11) is 3.93. The standard InChI is InChI=1S/C24H29FN6OS/c1-17(29(2)3)23-27-28-24(31(23)19-12-10-18(25)11-13-19)33-16-22(32)26-20-8-4-5-9-21(20)30-14-6-7-15-30/h4-5,8-13,17H,6-7,14-16H2,1-3H3,(H,26,32)/t17-/m0/s1. The van der Waals surface area contributed by atoms with Crippen molar-refractivity contribution < 1.29 is 9.18 Å². The van der Waals surface area contributed by atoms with E-state index in [0.717, 1.165) is 36.0 Å². The molecular formula is C24H29FN6OS. The number of nitrogens with zero attached hydrogens (tertiary/aromatic N) is 5. The largest absolute Gasteiger partial charge is 0.370 e. The first kappa shape index (κ1) is 23.3. The third-order valence-electron chi connectivity index (χ3n) is 5.85. The number of rotatable bonds is 8. The number of hydrogen-bond acceptors (Lipinski definition) is 6. The van der Waals surface area contributed by atoms with Crippen molar-refractivity contribution in [2.45, 2.75) is 31.0 Å². The second-order valence-electron chi connectivity index (χ2n) is 8.34. The summed E-state index contributed by atoms with van der Waals surface area (Å²) in [6.45, 7) is 4.05. The zero-order valence-electron chi connectivity index (χ0n) is 19.2. The summed E-state index contributed by atoms with van der Waals surface area (Å²) < 4.78 is 15.4. The summed E-state index contributed by atoms with van der Waals surface area (Å²) in [4.78, 5) is 17.2. The van der Waals surface area contributed by atoms with Gasteiger partial charge in [-0.1, -0.05) is 23.9 Å². The van der Waals surface area contributed by atoms with Gasteiger partial charge in [-0.2, -0.15) is 0 Å². The molecule has 0 unspecified atom stereocenters. The maximum absolute atomic E-state index is 13.5. The van der Waals surface area contributed by atoms with Crippen LogP contribution in [0, 0.1) is 5.82 Å². The molecule has 1 aliphatic rings. The number of amides is 1. The Labute approximate surface area is 198 Å². The van der Waals surface area contributed by atoms with Gasteiger partial charge in [-0.05, 0) is 70.3 Å². The minimum Gasteiger partial charge on any atom is -0.370 e. The predicted molar refractivity (Wildman–Crippen MR) is 131 cm³/mol. The second kappa shape index (κ2) is 10.4. The molecule has 0 radical (unpaired) electrons. The van der Waals surface area contributed by atoms with E-state index in [1.54, 1.807) is 12.1 Å². The molecule has 9 heteroatoms. The van der Waals surface area contributed by atoms with Gasteiger partial charge >= 0.3 is 0 Å². The third-order valence-corrected chi connectivity index (χ3v) is 6.78. The van der Waals surface area contributed by atoms with Crippen molar-refractivity contribution in [2.24, 2.45) is 0 Å². The Morgan fingerprint density at radius 3 is 2.52 bits per heavy atom. The number of para-hydroxylation sites is 2. The highest BCUT2D eigenvalue weighted by Gasteiger charge is 2.22. The lowest BCUT2D eigenvalue weighted by molar-refractivity contribution is -0.113. The predicted octanol–water partition coefficient (Wildman–Crippen LogP) is 4.36. The first-order valence-corrected chi connectivity index (χ1v) is 12.1. The van der Waals surface area contributed by atoms with Gasteiger partial charge in [-0.3, -0.25) is 14.3 Å². The van der Waals surface area contributed by atoms with Crippen LogP contribution in [-0.4, -0.2) is 58.5 Å². The topological polar surface area (TPSA) is 66.3 Å². The molecule has 1 aliphatic heterocycles. The van der Waals surface area contributed by atoms with Gasteiger partial charge in [0.2, 0.25) is 5.91 Å². The summed E-state index contributed by atoms with van der Waals surface area (Å²) in [6, 6.07) is 14.1. The third kappa shape index (κ3) is 5.36. The number of thioether (sulfide) groups is 1. The molecule has 1 saturated heterocycles. The van der Waals surface area contributed by atoms with Crippen LogP contribution >= 0.6 is 11.8 Å². The van der Waals surface area contributed by atoms with Gasteiger partial charge in [0.05, 0.1) is 23.2 Å². The molecule has 0 saturated carbocycles. The van der Waals surface area contributed by atoms with Crippen molar-refractivity contribution in [3.05, 3.63) is 60.2 Å². The molecule has 2 aromatic carbocycles. The van der Waals surface area contributed by atoms with E-state index in [4.69, 9.17) is 0 Å². The fraction of sp³-hybridized carbons (Fsp3) is 0.375. The lowest BCUT2D eigenvalue weighted by atomic mass is 10.2. The lowest BCUT2D eigenvalue weighted by Crippen LogP contribution is -2.22. The van der Waals surface area contributed by atoms with Crippen molar-refractivity contribution in [3.63, 3.8) is 0 Å². The molecule has 1 aromatic heterocycles. The molecule has 1 fully saturated rings. The monoisotopic (exact) mass is 468 g/mol. The van der Waals surface area contributed by atoms with Crippen molar-refractivity contribution >= 4 is 29.0 Å². The molecule has 2 heterocycles. The highest BCUT2D eigenvalue weighted by molar-refractivity contribution is 7.99. The molecule has 0 aliphatic carbocycles. The Hall–Kier alpha value is -2.91. The van der Waals surface area contributed by atoms with Crippen molar-refractivity contribution in [2.75, 3.05) is 43.2 Å². The van der Waals surface area contributed by atoms with Gasteiger partial charge < -0.3 is 10.2 Å². The molecule has 1 amide bonds. The van der Waals surface area contributed by atoms with Crippen LogP contribution in [0.15, 0.2) is 53.7 Å². The van der Waals surface area contributed by atoms with Crippen LogP contribution in [0.2, 0.25) is 0 Å². The van der Waals surface area contributed by atoms with E-state index in [0.29, 0.717) is 5.16 Å². The molecule has 3 aromatic rings. The van der Waals surface area contributed by atoms with Crippen LogP contribution in [0.3, 0.4) is 0 Å². The lowest BCUT2D eigenvalue weighted by Gasteiger charge is -2.21. The molecule has 4 rings (SSSR count). The Morgan fingerprint density at radius 1 is 1.12 bits per heavy atom. The zero-order chi connectivity index (χ0) is 23.4. The Kier molecular flexibility index (Phi) is 7.29. The summed E-state index contributed by atoms with van der Waals surface area (Å²) in [5, 5.41) is 12.4. The highest BCUT2D eigenvalue weighted by Crippen LogP contribution is 2.30. The van der Waals surface area contributed by atoms with Crippen LogP contribution in [0.1, 0.15) is 31.6 Å². The maximum Gasteiger partial charge on any atom is 0.234 e. The highest BCUT2D eigenvalue weighted by atomic mass is 32.2. The van der Waals surface area contributed by atoms with E-state index >= 15 is 0 Å². The van der Waals surface area contributed by atoms with E-state index in [-0.39, 0.29) is 23.5 Å². The Bertz CT molecular complexity index is 1090. The fourth-order valence-electron chi connectivity index (χ4n) is 3.84. The Balaban J connectivity index is 1.52. The van der Waals surface area contributed by atoms with Crippen LogP contribution in [-0.2, 0) is 4.79 Å². The normalized spacial score (nSPS) is 14.6. The van der Waals surface area contributed by atoms with E-state index in [1.165, 1.54) is 36.7 Å². The average Bonchev–Trinajstić information content (AvgIpc) is 3.48. The molecule has 1 atom stereocenters. The van der Waals surface area contributed by atoms with Crippen molar-refractivity contribution in [3.8, 4) is 5.69 Å². The van der Waals surface area contributed by atoms with E-state index < -0.39 is 0 Å². The molecule has 1 N–H and O–H groups in total. The van der Waals surface area contributed by atoms with Crippen LogP contribution in [0.4, 0.5) is 15.8 Å². The smallest absolute Gasteiger partial charge is 0.234 e. The number of hydrogen-bond donors (Lipinski definition) is 1. The number of aromatic nitrogens is 3. The number of halogens is 1. The van der Waals surface area contributed by atoms with Gasteiger partial charge in [-0.25, -0.2) is 4.39 Å². The molecule has 0 bridgehead atoms. The molecule has 7 nitrogen and oxygen atoms in total. The number of benzene rings is 2. The summed E-state index contributed by atoms with van der Waals surface area (Å²) in [5.41, 5.74) is 2.64. The molecule has 0 spiro atoms. The van der Waals surface area contributed by atoms with Crippen LogP contribution < -0.4 is 10.2 Å². The molecule has 174 valence electrons. The average molecular weight is 469 g/mol.